The van der Waals surface area contributed by atoms with Gasteiger partial charge in [0.05, 0.1) is 0 Å². The summed E-state index contributed by atoms with van der Waals surface area (Å²) in [4.78, 5) is 23.3. The van der Waals surface area contributed by atoms with E-state index in [1.807, 2.05) is 19.9 Å². The van der Waals surface area contributed by atoms with Gasteiger partial charge in [-0.05, 0) is 32.4 Å². The van der Waals surface area contributed by atoms with Crippen molar-refractivity contribution in [3.05, 3.63) is 30.3 Å². The first-order valence-corrected chi connectivity index (χ1v) is 6.36. The summed E-state index contributed by atoms with van der Waals surface area (Å²) < 4.78 is 5.04. The van der Waals surface area contributed by atoms with Crippen LogP contribution in [-0.2, 0) is 4.79 Å². The average Bonchev–Trinajstić information content (AvgIpc) is 2.39. The maximum absolute atomic E-state index is 11.7. The van der Waals surface area contributed by atoms with E-state index < -0.39 is 12.1 Å². The van der Waals surface area contributed by atoms with Gasteiger partial charge in [-0.25, -0.2) is 4.79 Å². The summed E-state index contributed by atoms with van der Waals surface area (Å²) in [5.41, 5.74) is 0. The predicted molar refractivity (Wildman–Crippen MR) is 73.0 cm³/mol. The van der Waals surface area contributed by atoms with Crippen molar-refractivity contribution in [1.29, 1.82) is 0 Å². The van der Waals surface area contributed by atoms with E-state index in [4.69, 9.17) is 4.74 Å². The summed E-state index contributed by atoms with van der Waals surface area (Å²) in [7, 11) is 0. The van der Waals surface area contributed by atoms with Crippen LogP contribution >= 0.6 is 0 Å². The van der Waals surface area contributed by atoms with Gasteiger partial charge in [-0.1, -0.05) is 25.1 Å². The number of hydrogen-bond acceptors (Lipinski definition) is 3. The molecule has 0 spiro atoms. The number of carbonyl (C=O) groups excluding carboxylic acids is 2. The van der Waals surface area contributed by atoms with Crippen LogP contribution in [0.4, 0.5) is 4.79 Å². The molecule has 2 N–H and O–H groups in total. The van der Waals surface area contributed by atoms with Crippen molar-refractivity contribution in [3.8, 4) is 5.75 Å². The number of amides is 2. The molecule has 0 radical (unpaired) electrons. The molecule has 1 aromatic carbocycles. The number of carbonyl (C=O) groups is 2. The van der Waals surface area contributed by atoms with Gasteiger partial charge >= 0.3 is 6.09 Å². The van der Waals surface area contributed by atoms with Crippen LogP contribution in [0.25, 0.3) is 0 Å². The van der Waals surface area contributed by atoms with Crippen molar-refractivity contribution < 1.29 is 14.3 Å². The molecule has 19 heavy (non-hydrogen) atoms. The van der Waals surface area contributed by atoms with Crippen LogP contribution in [-0.4, -0.2) is 24.1 Å². The molecule has 0 fully saturated rings. The Hall–Kier alpha value is -2.04. The Morgan fingerprint density at radius 2 is 1.79 bits per heavy atom. The summed E-state index contributed by atoms with van der Waals surface area (Å²) in [5, 5.41) is 5.27. The van der Waals surface area contributed by atoms with Gasteiger partial charge in [0.15, 0.2) is 0 Å². The molecule has 0 heterocycles. The molecule has 0 saturated carbocycles. The van der Waals surface area contributed by atoms with Gasteiger partial charge in [0, 0.05) is 6.04 Å². The zero-order valence-electron chi connectivity index (χ0n) is 11.5. The van der Waals surface area contributed by atoms with E-state index in [0.29, 0.717) is 5.75 Å². The van der Waals surface area contributed by atoms with Crippen molar-refractivity contribution in [3.63, 3.8) is 0 Å². The molecule has 0 aromatic heterocycles. The van der Waals surface area contributed by atoms with E-state index >= 15 is 0 Å². The van der Waals surface area contributed by atoms with Crippen LogP contribution in [0.15, 0.2) is 30.3 Å². The second kappa shape index (κ2) is 7.41. The number of para-hydroxylation sites is 1. The Morgan fingerprint density at radius 1 is 1.16 bits per heavy atom. The molecular formula is C14H20N2O3. The van der Waals surface area contributed by atoms with Gasteiger partial charge in [-0.15, -0.1) is 0 Å². The Morgan fingerprint density at radius 3 is 2.37 bits per heavy atom. The van der Waals surface area contributed by atoms with E-state index in [1.54, 1.807) is 31.2 Å². The van der Waals surface area contributed by atoms with E-state index in [0.717, 1.165) is 6.42 Å². The Bertz CT molecular complexity index is 420. The van der Waals surface area contributed by atoms with Gasteiger partial charge in [-0.2, -0.15) is 0 Å². The third kappa shape index (κ3) is 5.42. The monoisotopic (exact) mass is 264 g/mol. The van der Waals surface area contributed by atoms with Crippen LogP contribution in [0.2, 0.25) is 0 Å². The van der Waals surface area contributed by atoms with Crippen molar-refractivity contribution in [2.24, 2.45) is 0 Å². The van der Waals surface area contributed by atoms with E-state index in [2.05, 4.69) is 10.6 Å². The fourth-order valence-electron chi connectivity index (χ4n) is 1.34. The van der Waals surface area contributed by atoms with Crippen LogP contribution in [0.5, 0.6) is 5.75 Å². The smallest absolute Gasteiger partial charge is 0.410 e. The van der Waals surface area contributed by atoms with E-state index in [-0.39, 0.29) is 11.9 Å². The minimum Gasteiger partial charge on any atom is -0.410 e. The first-order chi connectivity index (χ1) is 9.02. The number of nitrogens with one attached hydrogen (secondary N) is 2. The quantitative estimate of drug-likeness (QED) is 0.855. The van der Waals surface area contributed by atoms with Crippen molar-refractivity contribution >= 4 is 12.0 Å². The highest BCUT2D eigenvalue weighted by molar-refractivity contribution is 5.85. The summed E-state index contributed by atoms with van der Waals surface area (Å²) >= 11 is 0. The van der Waals surface area contributed by atoms with Crippen LogP contribution in [0.3, 0.4) is 0 Å². The van der Waals surface area contributed by atoms with E-state index in [9.17, 15) is 9.59 Å². The number of hydrogen-bond donors (Lipinski definition) is 2. The molecule has 104 valence electrons. The Balaban J connectivity index is 2.41. The average molecular weight is 264 g/mol. The topological polar surface area (TPSA) is 67.4 Å². The second-order valence-electron chi connectivity index (χ2n) is 4.39. The molecule has 0 aliphatic carbocycles. The largest absolute Gasteiger partial charge is 0.413 e. The third-order valence-electron chi connectivity index (χ3n) is 2.68. The highest BCUT2D eigenvalue weighted by Gasteiger charge is 2.17. The van der Waals surface area contributed by atoms with Gasteiger partial charge in [0.25, 0.3) is 0 Å². The van der Waals surface area contributed by atoms with Crippen molar-refractivity contribution in [2.75, 3.05) is 0 Å². The zero-order valence-corrected chi connectivity index (χ0v) is 11.5. The van der Waals surface area contributed by atoms with Gasteiger partial charge in [-0.3, -0.25) is 4.79 Å². The molecule has 0 bridgehead atoms. The highest BCUT2D eigenvalue weighted by atomic mass is 16.6. The number of ether oxygens (including phenoxy) is 1. The minimum absolute atomic E-state index is 0.0851. The summed E-state index contributed by atoms with van der Waals surface area (Å²) in [6, 6.07) is 8.15. The molecule has 5 nitrogen and oxygen atoms in total. The molecular weight excluding hydrogens is 244 g/mol. The summed E-state index contributed by atoms with van der Waals surface area (Å²) in [6.07, 6.45) is 0.199. The molecule has 0 aliphatic heterocycles. The van der Waals surface area contributed by atoms with Crippen LogP contribution in [0.1, 0.15) is 27.2 Å². The predicted octanol–water partition coefficient (Wildman–Crippen LogP) is 2.08. The maximum atomic E-state index is 11.7. The first kappa shape index (κ1) is 15.0. The van der Waals surface area contributed by atoms with Crippen LogP contribution < -0.4 is 15.4 Å². The molecule has 0 aliphatic rings. The minimum atomic E-state index is -0.641. The zero-order chi connectivity index (χ0) is 14.3. The second-order valence-corrected chi connectivity index (χ2v) is 4.39. The lowest BCUT2D eigenvalue weighted by molar-refractivity contribution is -0.123. The molecule has 0 saturated heterocycles. The number of benzene rings is 1. The molecule has 1 rings (SSSR count). The molecule has 2 atom stereocenters. The summed E-state index contributed by atoms with van der Waals surface area (Å²) in [5.74, 6) is 0.217. The fraction of sp³-hybridized carbons (Fsp3) is 0.429. The lowest BCUT2D eigenvalue weighted by Crippen LogP contribution is -2.48. The Kier molecular flexibility index (Phi) is 5.85. The standard InChI is InChI=1S/C14H20N2O3/c1-4-10(2)15-13(17)11(3)16-14(18)19-12-8-6-5-7-9-12/h5-11H,4H2,1-3H3,(H,15,17)(H,16,18)/t10-,11+/m1/s1. The lowest BCUT2D eigenvalue weighted by atomic mass is 10.2. The lowest BCUT2D eigenvalue weighted by Gasteiger charge is -2.17. The molecule has 5 heteroatoms. The highest BCUT2D eigenvalue weighted by Crippen LogP contribution is 2.08. The van der Waals surface area contributed by atoms with Crippen molar-refractivity contribution in [2.45, 2.75) is 39.3 Å². The van der Waals surface area contributed by atoms with Gasteiger partial charge < -0.3 is 15.4 Å². The van der Waals surface area contributed by atoms with Crippen molar-refractivity contribution in [1.82, 2.24) is 10.6 Å². The van der Waals surface area contributed by atoms with Crippen LogP contribution in [0, 0.1) is 0 Å². The number of rotatable bonds is 5. The SMILES string of the molecule is CC[C@@H](C)NC(=O)[C@H](C)NC(=O)Oc1ccccc1. The van der Waals surface area contributed by atoms with Gasteiger partial charge in [0.2, 0.25) is 5.91 Å². The van der Waals surface area contributed by atoms with E-state index in [1.165, 1.54) is 0 Å². The molecule has 1 aromatic rings. The summed E-state index contributed by atoms with van der Waals surface area (Å²) in [6.45, 7) is 5.50. The first-order valence-electron chi connectivity index (χ1n) is 6.36. The molecule has 2 amide bonds. The maximum Gasteiger partial charge on any atom is 0.413 e. The molecule has 0 unspecified atom stereocenters. The Labute approximate surface area is 113 Å². The third-order valence-corrected chi connectivity index (χ3v) is 2.68. The van der Waals surface area contributed by atoms with Gasteiger partial charge in [0.1, 0.15) is 11.8 Å². The fourth-order valence-corrected chi connectivity index (χ4v) is 1.34. The normalized spacial score (nSPS) is 13.2.